The van der Waals surface area contributed by atoms with E-state index in [1.807, 2.05) is 11.9 Å². The Morgan fingerprint density at radius 3 is 2.10 bits per heavy atom. The van der Waals surface area contributed by atoms with Crippen LogP contribution >= 0.6 is 0 Å². The van der Waals surface area contributed by atoms with Gasteiger partial charge in [0.2, 0.25) is 0 Å². The summed E-state index contributed by atoms with van der Waals surface area (Å²) >= 11 is 1.54. The van der Waals surface area contributed by atoms with Gasteiger partial charge in [-0.1, -0.05) is 0 Å². The molecule has 1 fully saturated rings. The van der Waals surface area contributed by atoms with E-state index >= 15 is 0 Å². The molecule has 11 heteroatoms. The predicted molar refractivity (Wildman–Crippen MR) is 59.8 cm³/mol. The zero-order chi connectivity index (χ0) is 13.6. The zero-order valence-electron chi connectivity index (χ0n) is 11.7. The number of halogens is 6. The molecule has 0 aromatic carbocycles. The minimum atomic E-state index is -4.18. The van der Waals surface area contributed by atoms with Crippen LogP contribution in [0.5, 0.6) is 0 Å². The van der Waals surface area contributed by atoms with E-state index in [4.69, 9.17) is 0 Å². The van der Waals surface area contributed by atoms with Gasteiger partial charge in [0.1, 0.15) is 0 Å². The van der Waals surface area contributed by atoms with Gasteiger partial charge in [0.15, 0.2) is 0 Å². The average Bonchev–Trinajstić information content (AvgIpc) is 2.26. The second kappa shape index (κ2) is 13.6. The summed E-state index contributed by atoms with van der Waals surface area (Å²) < 4.78 is 40.1. The van der Waals surface area contributed by atoms with E-state index in [0.717, 1.165) is 13.1 Å². The SMILES string of the molecule is CN1CCNCCNCC(C(F)(F)F)[N]([Ti+3])CC1.[Cl-].[Cl-].[Cl-]. The van der Waals surface area contributed by atoms with Crippen molar-refractivity contribution in [3.8, 4) is 0 Å². The van der Waals surface area contributed by atoms with Gasteiger partial charge in [-0.3, -0.25) is 0 Å². The molecule has 0 radical (unpaired) electrons. The molecule has 1 rings (SSSR count). The number of rotatable bonds is 0. The first-order chi connectivity index (χ1) is 8.41. The third-order valence-corrected chi connectivity index (χ3v) is 3.80. The molecule has 0 aromatic heterocycles. The van der Waals surface area contributed by atoms with Crippen molar-refractivity contribution in [2.24, 2.45) is 0 Å². The van der Waals surface area contributed by atoms with E-state index in [2.05, 4.69) is 10.6 Å². The first-order valence-corrected chi connectivity index (χ1v) is 6.75. The fraction of sp³-hybridized carbons (Fsp3) is 1.00. The van der Waals surface area contributed by atoms with Gasteiger partial charge < -0.3 is 37.2 Å². The molecule has 4 nitrogen and oxygen atoms in total. The molecule has 21 heavy (non-hydrogen) atoms. The van der Waals surface area contributed by atoms with E-state index in [1.54, 1.807) is 0 Å². The Hall–Kier alpha value is 1.21. The monoisotopic (exact) mass is 406 g/mol. The third-order valence-electron chi connectivity index (χ3n) is 2.96. The van der Waals surface area contributed by atoms with Crippen molar-refractivity contribution < 1.29 is 71.1 Å². The van der Waals surface area contributed by atoms with Crippen LogP contribution in [0.4, 0.5) is 13.2 Å². The summed E-state index contributed by atoms with van der Waals surface area (Å²) in [7, 11) is 1.93. The van der Waals surface area contributed by atoms with Crippen LogP contribution < -0.4 is 47.9 Å². The van der Waals surface area contributed by atoms with Crippen LogP contribution in [0.2, 0.25) is 0 Å². The van der Waals surface area contributed by atoms with Gasteiger partial charge in [0.25, 0.3) is 0 Å². The van der Waals surface area contributed by atoms with Gasteiger partial charge in [-0.25, -0.2) is 0 Å². The third kappa shape index (κ3) is 11.4. The molecular formula is C10H20Cl3F3N4Ti. The Morgan fingerprint density at radius 2 is 1.52 bits per heavy atom. The molecule has 2 N–H and O–H groups in total. The predicted octanol–water partition coefficient (Wildman–Crippen LogP) is -9.18. The van der Waals surface area contributed by atoms with Gasteiger partial charge in [0.05, 0.1) is 0 Å². The van der Waals surface area contributed by atoms with Crippen LogP contribution in [0.25, 0.3) is 0 Å². The summed E-state index contributed by atoms with van der Waals surface area (Å²) in [6, 6.07) is -1.41. The molecule has 1 heterocycles. The van der Waals surface area contributed by atoms with Crippen LogP contribution in [0, 0.1) is 0 Å². The molecule has 1 saturated heterocycles. The van der Waals surface area contributed by atoms with Crippen molar-refractivity contribution in [2.75, 3.05) is 52.9 Å². The standard InChI is InChI=1S/C10H20F3N4.3ClH.Ti/c1-17-6-4-14-2-3-15-8-9(10(11,12)13)16-5-7-17;;;;/h9,14-15H,2-8H2,1H3;3*1H;/q-1;;;;+4/p-3. The summed E-state index contributed by atoms with van der Waals surface area (Å²) in [6.45, 7) is 3.99. The van der Waals surface area contributed by atoms with Crippen molar-refractivity contribution in [1.29, 1.82) is 0 Å². The van der Waals surface area contributed by atoms with Gasteiger partial charge in [-0.15, -0.1) is 0 Å². The van der Waals surface area contributed by atoms with Crippen LogP contribution in [-0.2, 0) is 20.7 Å². The molecule has 1 atom stereocenters. The van der Waals surface area contributed by atoms with Crippen LogP contribution in [-0.4, -0.2) is 73.4 Å². The van der Waals surface area contributed by atoms with E-state index in [0.29, 0.717) is 26.2 Å². The summed E-state index contributed by atoms with van der Waals surface area (Å²) in [5, 5.41) is 6.06. The smallest absolute Gasteiger partial charge is 1.00 e. The number of hydrogen-bond donors (Lipinski definition) is 2. The molecule has 0 amide bonds. The van der Waals surface area contributed by atoms with Crippen LogP contribution in [0.3, 0.4) is 0 Å². The normalized spacial score (nSPS) is 23.6. The Kier molecular flexibility index (Phi) is 17.6. The second-order valence-corrected chi connectivity index (χ2v) is 5.41. The maximum Gasteiger partial charge on any atom is -1.00 e. The minimum Gasteiger partial charge on any atom is -1.00 e. The molecule has 1 aliphatic heterocycles. The molecule has 1 unspecified atom stereocenters. The first-order valence-electron chi connectivity index (χ1n) is 6.06. The Labute approximate surface area is 154 Å². The summed E-state index contributed by atoms with van der Waals surface area (Å²) in [6.07, 6.45) is -4.18. The molecular weight excluding hydrogens is 387 g/mol. The first kappa shape index (κ1) is 27.1. The molecule has 0 bridgehead atoms. The average molecular weight is 408 g/mol. The Balaban J connectivity index is -0.00000108. The second-order valence-electron chi connectivity index (χ2n) is 4.51. The van der Waals surface area contributed by atoms with E-state index in [-0.39, 0.29) is 43.8 Å². The minimum absolute atomic E-state index is 0. The van der Waals surface area contributed by atoms with Gasteiger partial charge in [-0.05, 0) is 0 Å². The number of likely N-dealkylation sites (N-methyl/N-ethyl adjacent to an activating group) is 1. The maximum atomic E-state index is 12.9. The topological polar surface area (TPSA) is 30.5 Å². The molecule has 0 aromatic rings. The number of hydrogen-bond acceptors (Lipinski definition) is 4. The summed E-state index contributed by atoms with van der Waals surface area (Å²) in [5.74, 6) is 0. The van der Waals surface area contributed by atoms with E-state index in [1.165, 1.54) is 24.1 Å². The molecule has 0 spiro atoms. The number of nitrogens with zero attached hydrogens (tertiary/aromatic N) is 2. The molecule has 1 aliphatic rings. The van der Waals surface area contributed by atoms with Crippen molar-refractivity contribution in [1.82, 2.24) is 18.9 Å². The van der Waals surface area contributed by atoms with E-state index < -0.39 is 12.2 Å². The van der Waals surface area contributed by atoms with Crippen molar-refractivity contribution in [3.05, 3.63) is 0 Å². The van der Waals surface area contributed by atoms with Crippen molar-refractivity contribution >= 4 is 0 Å². The fourth-order valence-corrected chi connectivity index (χ4v) is 2.29. The van der Waals surface area contributed by atoms with Crippen LogP contribution in [0.1, 0.15) is 0 Å². The zero-order valence-corrected chi connectivity index (χ0v) is 15.5. The molecule has 0 aliphatic carbocycles. The quantitative estimate of drug-likeness (QED) is 0.391. The largest absolute Gasteiger partial charge is 1.00 e. The number of alkyl halides is 3. The molecule has 0 saturated carbocycles. The maximum absolute atomic E-state index is 12.9. The van der Waals surface area contributed by atoms with Gasteiger partial charge >= 0.3 is 118 Å². The Morgan fingerprint density at radius 1 is 0.952 bits per heavy atom. The Bertz CT molecular complexity index is 252. The van der Waals surface area contributed by atoms with Crippen molar-refractivity contribution in [2.45, 2.75) is 12.2 Å². The van der Waals surface area contributed by atoms with Crippen molar-refractivity contribution in [3.63, 3.8) is 0 Å². The fourth-order valence-electron chi connectivity index (χ4n) is 1.76. The molecule has 126 valence electrons. The summed E-state index contributed by atoms with van der Waals surface area (Å²) in [4.78, 5) is 2.05. The summed E-state index contributed by atoms with van der Waals surface area (Å²) in [5.41, 5.74) is 0. The van der Waals surface area contributed by atoms with Crippen LogP contribution in [0.15, 0.2) is 0 Å². The van der Waals surface area contributed by atoms with Gasteiger partial charge in [-0.2, -0.15) is 0 Å². The number of nitrogens with one attached hydrogen (secondary N) is 2. The van der Waals surface area contributed by atoms with Gasteiger partial charge in [0, 0.05) is 0 Å². The van der Waals surface area contributed by atoms with E-state index in [9.17, 15) is 13.2 Å².